The maximum Gasteiger partial charge on any atom is 0.0607 e. The average molecular weight is 306 g/mol. The summed E-state index contributed by atoms with van der Waals surface area (Å²) in [6, 6.07) is 9.11. The Morgan fingerprint density at radius 2 is 1.35 bits per heavy atom. The largest absolute Gasteiger partial charge is 0.0843 e. The van der Waals surface area contributed by atoms with E-state index in [1.54, 1.807) is 12.1 Å². The molecule has 0 atom stereocenters. The van der Waals surface area contributed by atoms with Gasteiger partial charge in [0.25, 0.3) is 0 Å². The minimum absolute atomic E-state index is 0.444. The molecule has 0 nitrogen and oxygen atoms in total. The monoisotopic (exact) mass is 304 g/mol. The number of benzene rings is 2. The van der Waals surface area contributed by atoms with Crippen LogP contribution in [0.15, 0.2) is 30.3 Å². The van der Waals surface area contributed by atoms with Gasteiger partial charge in [0.15, 0.2) is 0 Å². The second-order valence-corrected chi connectivity index (χ2v) is 5.42. The van der Waals surface area contributed by atoms with Crippen molar-refractivity contribution >= 4 is 46.4 Å². The van der Waals surface area contributed by atoms with Gasteiger partial charge in [-0.2, -0.15) is 0 Å². The molecule has 0 aliphatic heterocycles. The van der Waals surface area contributed by atoms with Crippen LogP contribution < -0.4 is 0 Å². The number of hydrogen-bond donors (Lipinski definition) is 0. The molecule has 0 N–H and O–H groups in total. The van der Waals surface area contributed by atoms with Crippen molar-refractivity contribution in [3.8, 4) is 11.1 Å². The average Bonchev–Trinajstić information content (AvgIpc) is 2.22. The summed E-state index contributed by atoms with van der Waals surface area (Å²) in [5.41, 5.74) is 2.82. The highest BCUT2D eigenvalue weighted by Gasteiger charge is 2.09. The molecule has 0 aromatic heterocycles. The lowest BCUT2D eigenvalue weighted by molar-refractivity contribution is 1.47. The third-order valence-corrected chi connectivity index (χ3v) is 3.62. The van der Waals surface area contributed by atoms with E-state index in [0.29, 0.717) is 20.1 Å². The second kappa shape index (κ2) is 5.07. The van der Waals surface area contributed by atoms with Crippen molar-refractivity contribution in [2.24, 2.45) is 0 Å². The molecule has 0 saturated heterocycles. The third-order valence-electron chi connectivity index (χ3n) is 2.36. The molecule has 0 heterocycles. The van der Waals surface area contributed by atoms with Gasteiger partial charge in [-0.1, -0.05) is 52.5 Å². The molecule has 0 aliphatic carbocycles. The highest BCUT2D eigenvalue weighted by atomic mass is 35.5. The molecule has 0 radical (unpaired) electrons. The topological polar surface area (TPSA) is 0 Å². The molecule has 0 saturated carbocycles. The van der Waals surface area contributed by atoms with Gasteiger partial charge in [-0.05, 0) is 42.3 Å². The first kappa shape index (κ1) is 13.0. The minimum atomic E-state index is 0.444. The van der Waals surface area contributed by atoms with Crippen LogP contribution >= 0.6 is 46.4 Å². The molecular formula is C13H8Cl4. The van der Waals surface area contributed by atoms with Crippen molar-refractivity contribution in [1.29, 1.82) is 0 Å². The van der Waals surface area contributed by atoms with Crippen molar-refractivity contribution in [2.75, 3.05) is 0 Å². The van der Waals surface area contributed by atoms with Gasteiger partial charge in [0.05, 0.1) is 10.0 Å². The smallest absolute Gasteiger partial charge is 0.0607 e. The van der Waals surface area contributed by atoms with E-state index in [0.717, 1.165) is 16.7 Å². The summed E-state index contributed by atoms with van der Waals surface area (Å²) in [4.78, 5) is 0. The van der Waals surface area contributed by atoms with Crippen LogP contribution in [0.5, 0.6) is 0 Å². The Morgan fingerprint density at radius 1 is 0.706 bits per heavy atom. The second-order valence-electron chi connectivity index (χ2n) is 3.76. The van der Waals surface area contributed by atoms with Crippen LogP contribution in [0.3, 0.4) is 0 Å². The highest BCUT2D eigenvalue weighted by Crippen LogP contribution is 2.36. The number of rotatable bonds is 1. The molecule has 0 spiro atoms. The van der Waals surface area contributed by atoms with Gasteiger partial charge in [-0.3, -0.25) is 0 Å². The van der Waals surface area contributed by atoms with E-state index in [1.165, 1.54) is 0 Å². The Kier molecular flexibility index (Phi) is 3.89. The summed E-state index contributed by atoms with van der Waals surface area (Å²) in [5.74, 6) is 0. The molecule has 2 aromatic carbocycles. The number of aryl methyl sites for hydroxylation is 1. The maximum absolute atomic E-state index is 6.15. The molecule has 0 bridgehead atoms. The van der Waals surface area contributed by atoms with Gasteiger partial charge >= 0.3 is 0 Å². The SMILES string of the molecule is Cc1cc(Cl)cc(-c2cc(Cl)c(Cl)cc2Cl)c1. The standard InChI is InChI=1S/C13H8Cl4/c1-7-2-8(4-9(14)3-7)10-5-12(16)13(17)6-11(10)15/h2-6H,1H3. The van der Waals surface area contributed by atoms with Crippen LogP contribution in [-0.2, 0) is 0 Å². The molecule has 2 aromatic rings. The summed E-state index contributed by atoms with van der Waals surface area (Å²) in [6.07, 6.45) is 0. The van der Waals surface area contributed by atoms with Crippen molar-refractivity contribution in [2.45, 2.75) is 6.92 Å². The van der Waals surface area contributed by atoms with Crippen LogP contribution in [0.25, 0.3) is 11.1 Å². The zero-order valence-corrected chi connectivity index (χ0v) is 11.9. The van der Waals surface area contributed by atoms with E-state index in [1.807, 2.05) is 25.1 Å². The zero-order chi connectivity index (χ0) is 12.6. The Morgan fingerprint density at radius 3 is 2.00 bits per heavy atom. The van der Waals surface area contributed by atoms with Crippen LogP contribution in [0.4, 0.5) is 0 Å². The fourth-order valence-electron chi connectivity index (χ4n) is 1.64. The van der Waals surface area contributed by atoms with Gasteiger partial charge in [0.2, 0.25) is 0 Å². The van der Waals surface area contributed by atoms with Gasteiger partial charge < -0.3 is 0 Å². The molecular weight excluding hydrogens is 298 g/mol. The molecule has 0 unspecified atom stereocenters. The first-order valence-corrected chi connectivity index (χ1v) is 6.40. The van der Waals surface area contributed by atoms with Crippen LogP contribution in [-0.4, -0.2) is 0 Å². The first-order valence-electron chi connectivity index (χ1n) is 4.89. The Balaban J connectivity index is 2.64. The minimum Gasteiger partial charge on any atom is -0.0843 e. The third kappa shape index (κ3) is 2.89. The summed E-state index contributed by atoms with van der Waals surface area (Å²) < 4.78 is 0. The Labute approximate surface area is 120 Å². The fraction of sp³-hybridized carbons (Fsp3) is 0.0769. The Hall–Kier alpha value is -0.400. The van der Waals surface area contributed by atoms with E-state index in [9.17, 15) is 0 Å². The number of halogens is 4. The van der Waals surface area contributed by atoms with E-state index < -0.39 is 0 Å². The summed E-state index contributed by atoms with van der Waals surface area (Å²) in [5, 5.41) is 2.14. The van der Waals surface area contributed by atoms with Gasteiger partial charge in [-0.15, -0.1) is 0 Å². The van der Waals surface area contributed by atoms with E-state index in [-0.39, 0.29) is 0 Å². The Bertz CT molecular complexity index is 556. The summed E-state index contributed by atoms with van der Waals surface area (Å²) in [7, 11) is 0. The molecule has 4 heteroatoms. The van der Waals surface area contributed by atoms with Gasteiger partial charge in [-0.25, -0.2) is 0 Å². The van der Waals surface area contributed by atoms with Crippen molar-refractivity contribution in [3.05, 3.63) is 56.0 Å². The molecule has 17 heavy (non-hydrogen) atoms. The molecule has 88 valence electrons. The summed E-state index contributed by atoms with van der Waals surface area (Å²) in [6.45, 7) is 1.97. The van der Waals surface area contributed by atoms with E-state index in [4.69, 9.17) is 46.4 Å². The van der Waals surface area contributed by atoms with Crippen molar-refractivity contribution in [3.63, 3.8) is 0 Å². The lowest BCUT2D eigenvalue weighted by atomic mass is 10.0. The predicted molar refractivity (Wildman–Crippen MR) is 76.7 cm³/mol. The predicted octanol–water partition coefficient (Wildman–Crippen LogP) is 6.28. The quantitative estimate of drug-likeness (QED) is 0.544. The van der Waals surface area contributed by atoms with Crippen molar-refractivity contribution in [1.82, 2.24) is 0 Å². The van der Waals surface area contributed by atoms with Crippen molar-refractivity contribution < 1.29 is 0 Å². The molecule has 0 amide bonds. The van der Waals surface area contributed by atoms with Crippen LogP contribution in [0.2, 0.25) is 20.1 Å². The lowest BCUT2D eigenvalue weighted by Gasteiger charge is -2.08. The fourth-order valence-corrected chi connectivity index (χ4v) is 2.58. The maximum atomic E-state index is 6.15. The van der Waals surface area contributed by atoms with E-state index in [2.05, 4.69) is 0 Å². The lowest BCUT2D eigenvalue weighted by Crippen LogP contribution is -1.83. The van der Waals surface area contributed by atoms with Crippen LogP contribution in [0.1, 0.15) is 5.56 Å². The first-order chi connectivity index (χ1) is 7.97. The normalized spacial score (nSPS) is 10.6. The van der Waals surface area contributed by atoms with Gasteiger partial charge in [0, 0.05) is 15.6 Å². The molecule has 0 aliphatic rings. The highest BCUT2D eigenvalue weighted by molar-refractivity contribution is 6.44. The van der Waals surface area contributed by atoms with E-state index >= 15 is 0 Å². The number of hydrogen-bond acceptors (Lipinski definition) is 0. The van der Waals surface area contributed by atoms with Gasteiger partial charge in [0.1, 0.15) is 0 Å². The zero-order valence-electron chi connectivity index (χ0n) is 8.90. The van der Waals surface area contributed by atoms with Crippen LogP contribution in [0, 0.1) is 6.92 Å². The summed E-state index contributed by atoms with van der Waals surface area (Å²) >= 11 is 24.1. The molecule has 2 rings (SSSR count). The molecule has 0 fully saturated rings.